The van der Waals surface area contributed by atoms with Crippen LogP contribution in [0.25, 0.3) is 11.1 Å². The van der Waals surface area contributed by atoms with Crippen LogP contribution in [0, 0.1) is 23.3 Å². The van der Waals surface area contributed by atoms with Crippen molar-refractivity contribution in [2.75, 3.05) is 0 Å². The summed E-state index contributed by atoms with van der Waals surface area (Å²) in [7, 11) is 0. The van der Waals surface area contributed by atoms with Gasteiger partial charge in [-0.3, -0.25) is 0 Å². The molecule has 0 saturated carbocycles. The van der Waals surface area contributed by atoms with Crippen LogP contribution in [0.3, 0.4) is 0 Å². The molecule has 2 rings (SSSR count). The molecule has 0 saturated heterocycles. The molecule has 94 valence electrons. The number of benzene rings is 2. The molecule has 0 spiro atoms. The van der Waals surface area contributed by atoms with Crippen molar-refractivity contribution in [1.82, 2.24) is 0 Å². The van der Waals surface area contributed by atoms with E-state index in [1.807, 2.05) is 0 Å². The molecule has 18 heavy (non-hydrogen) atoms. The average molecular weight is 295 g/mol. The quantitative estimate of drug-likeness (QED) is 0.384. The van der Waals surface area contributed by atoms with E-state index in [-0.39, 0.29) is 21.7 Å². The Morgan fingerprint density at radius 3 is 2.11 bits per heavy atom. The van der Waals surface area contributed by atoms with Crippen LogP contribution in [0.15, 0.2) is 24.3 Å². The predicted octanol–water partition coefficient (Wildman–Crippen LogP) is 5.22. The summed E-state index contributed by atoms with van der Waals surface area (Å²) < 4.78 is 53.0. The Kier molecular flexibility index (Phi) is 3.50. The van der Waals surface area contributed by atoms with Crippen molar-refractivity contribution >= 4 is 23.2 Å². The van der Waals surface area contributed by atoms with E-state index in [0.717, 1.165) is 0 Å². The van der Waals surface area contributed by atoms with Crippen molar-refractivity contribution in [3.05, 3.63) is 57.6 Å². The fourth-order valence-corrected chi connectivity index (χ4v) is 1.89. The Labute approximate surface area is 110 Å². The summed E-state index contributed by atoms with van der Waals surface area (Å²) in [6, 6.07) is 4.14. The molecular weight excluding hydrogens is 291 g/mol. The number of hydrogen-bond donors (Lipinski definition) is 0. The van der Waals surface area contributed by atoms with Crippen LogP contribution >= 0.6 is 23.2 Å². The number of rotatable bonds is 1. The first-order valence-electron chi connectivity index (χ1n) is 4.70. The van der Waals surface area contributed by atoms with E-state index < -0.39 is 28.8 Å². The highest BCUT2D eigenvalue weighted by molar-refractivity contribution is 6.35. The monoisotopic (exact) mass is 294 g/mol. The first-order valence-corrected chi connectivity index (χ1v) is 5.46. The Hall–Kier alpha value is -1.26. The largest absolute Gasteiger partial charge is 0.206 e. The topological polar surface area (TPSA) is 0 Å². The van der Waals surface area contributed by atoms with Gasteiger partial charge in [-0.05, 0) is 18.2 Å². The molecule has 0 amide bonds. The standard InChI is InChI=1S/C12H4Cl2F4/c13-5-1-2-7(14)6(3-5)10-8(15)4-9(16)11(17)12(10)18/h1-4H. The third-order valence-corrected chi connectivity index (χ3v) is 2.88. The van der Waals surface area contributed by atoms with Crippen molar-refractivity contribution in [3.8, 4) is 11.1 Å². The molecule has 0 heterocycles. The van der Waals surface area contributed by atoms with Gasteiger partial charge in [0, 0.05) is 21.7 Å². The van der Waals surface area contributed by atoms with Crippen LogP contribution in [0.1, 0.15) is 0 Å². The van der Waals surface area contributed by atoms with Crippen LogP contribution in [-0.4, -0.2) is 0 Å². The van der Waals surface area contributed by atoms with E-state index in [2.05, 4.69) is 0 Å². The zero-order chi connectivity index (χ0) is 13.4. The molecule has 6 heteroatoms. The smallest absolute Gasteiger partial charge is 0.195 e. The molecular formula is C12H4Cl2F4. The molecule has 0 aliphatic heterocycles. The first-order chi connectivity index (χ1) is 8.41. The van der Waals surface area contributed by atoms with Gasteiger partial charge in [0.25, 0.3) is 0 Å². The molecule has 0 fully saturated rings. The maximum absolute atomic E-state index is 13.6. The van der Waals surface area contributed by atoms with Crippen LogP contribution < -0.4 is 0 Å². The van der Waals surface area contributed by atoms with E-state index in [0.29, 0.717) is 0 Å². The zero-order valence-corrected chi connectivity index (χ0v) is 10.1. The fraction of sp³-hybridized carbons (Fsp3) is 0. The second-order valence-electron chi connectivity index (χ2n) is 3.47. The van der Waals surface area contributed by atoms with Crippen molar-refractivity contribution in [3.63, 3.8) is 0 Å². The normalized spacial score (nSPS) is 10.8. The molecule has 0 nitrogen and oxygen atoms in total. The minimum Gasteiger partial charge on any atom is -0.206 e. The average Bonchev–Trinajstić information content (AvgIpc) is 2.31. The molecule has 0 N–H and O–H groups in total. The minimum absolute atomic E-state index is 0.0248. The Balaban J connectivity index is 2.79. The summed E-state index contributed by atoms with van der Waals surface area (Å²) in [5.41, 5.74) is -0.889. The zero-order valence-electron chi connectivity index (χ0n) is 8.58. The summed E-state index contributed by atoms with van der Waals surface area (Å²) in [5.74, 6) is -6.26. The minimum atomic E-state index is -1.76. The summed E-state index contributed by atoms with van der Waals surface area (Å²) in [4.78, 5) is 0. The maximum atomic E-state index is 13.6. The summed E-state index contributed by atoms with van der Waals surface area (Å²) >= 11 is 11.4. The summed E-state index contributed by atoms with van der Waals surface area (Å²) in [6.45, 7) is 0. The van der Waals surface area contributed by atoms with Crippen molar-refractivity contribution < 1.29 is 17.6 Å². The Bertz CT molecular complexity index is 626. The van der Waals surface area contributed by atoms with Crippen molar-refractivity contribution in [2.24, 2.45) is 0 Å². The van der Waals surface area contributed by atoms with E-state index in [1.54, 1.807) is 0 Å². The third kappa shape index (κ3) is 2.18. The first kappa shape index (κ1) is 13.2. The summed E-state index contributed by atoms with van der Waals surface area (Å²) in [6.07, 6.45) is 0. The highest BCUT2D eigenvalue weighted by atomic mass is 35.5. The van der Waals surface area contributed by atoms with Gasteiger partial charge < -0.3 is 0 Å². The molecule has 0 aliphatic rings. The molecule has 2 aromatic carbocycles. The predicted molar refractivity (Wildman–Crippen MR) is 61.7 cm³/mol. The van der Waals surface area contributed by atoms with Gasteiger partial charge in [0.1, 0.15) is 5.82 Å². The third-order valence-electron chi connectivity index (χ3n) is 2.31. The molecule has 0 unspecified atom stereocenters. The lowest BCUT2D eigenvalue weighted by atomic mass is 10.0. The van der Waals surface area contributed by atoms with E-state index in [9.17, 15) is 17.6 Å². The van der Waals surface area contributed by atoms with Gasteiger partial charge in [-0.15, -0.1) is 0 Å². The SMILES string of the molecule is Fc1cc(F)c(-c2cc(Cl)ccc2Cl)c(F)c1F. The van der Waals surface area contributed by atoms with Gasteiger partial charge in [-0.1, -0.05) is 23.2 Å². The highest BCUT2D eigenvalue weighted by Gasteiger charge is 2.22. The molecule has 0 radical (unpaired) electrons. The molecule has 0 aromatic heterocycles. The fourth-order valence-electron chi connectivity index (χ4n) is 1.50. The highest BCUT2D eigenvalue weighted by Crippen LogP contribution is 2.35. The Morgan fingerprint density at radius 1 is 0.778 bits per heavy atom. The second-order valence-corrected chi connectivity index (χ2v) is 4.31. The van der Waals surface area contributed by atoms with Gasteiger partial charge in [0.05, 0.1) is 5.56 Å². The van der Waals surface area contributed by atoms with E-state index in [1.165, 1.54) is 18.2 Å². The second kappa shape index (κ2) is 4.78. The van der Waals surface area contributed by atoms with Crippen LogP contribution in [0.5, 0.6) is 0 Å². The van der Waals surface area contributed by atoms with Gasteiger partial charge in [-0.2, -0.15) is 0 Å². The van der Waals surface area contributed by atoms with Crippen molar-refractivity contribution in [2.45, 2.75) is 0 Å². The van der Waals surface area contributed by atoms with Crippen LogP contribution in [0.2, 0.25) is 10.0 Å². The number of halogens is 6. The lowest BCUT2D eigenvalue weighted by Gasteiger charge is -2.09. The van der Waals surface area contributed by atoms with E-state index >= 15 is 0 Å². The number of hydrogen-bond acceptors (Lipinski definition) is 0. The molecule has 0 aliphatic carbocycles. The van der Waals surface area contributed by atoms with Crippen LogP contribution in [-0.2, 0) is 0 Å². The summed E-state index contributed by atoms with van der Waals surface area (Å²) in [5, 5.41) is 0.140. The lowest BCUT2D eigenvalue weighted by molar-refractivity contribution is 0.437. The van der Waals surface area contributed by atoms with Crippen LogP contribution in [0.4, 0.5) is 17.6 Å². The van der Waals surface area contributed by atoms with Gasteiger partial charge in [-0.25, -0.2) is 17.6 Å². The molecule has 0 bridgehead atoms. The maximum Gasteiger partial charge on any atom is 0.195 e. The van der Waals surface area contributed by atoms with Gasteiger partial charge in [0.2, 0.25) is 0 Å². The molecule has 0 atom stereocenters. The van der Waals surface area contributed by atoms with Crippen molar-refractivity contribution in [1.29, 1.82) is 0 Å². The van der Waals surface area contributed by atoms with Gasteiger partial charge >= 0.3 is 0 Å². The molecule has 2 aromatic rings. The van der Waals surface area contributed by atoms with Gasteiger partial charge in [0.15, 0.2) is 17.5 Å². The van der Waals surface area contributed by atoms with E-state index in [4.69, 9.17) is 23.2 Å². The lowest BCUT2D eigenvalue weighted by Crippen LogP contribution is -1.99. The Morgan fingerprint density at radius 2 is 1.44 bits per heavy atom.